The van der Waals surface area contributed by atoms with Crippen LogP contribution in [0.2, 0.25) is 0 Å². The Morgan fingerprint density at radius 1 is 1.50 bits per heavy atom. The second-order valence-electron chi connectivity index (χ2n) is 4.73. The number of hydrogen-bond donors (Lipinski definition) is 2. The summed E-state index contributed by atoms with van der Waals surface area (Å²) in [5.41, 5.74) is 2.82. The van der Waals surface area contributed by atoms with E-state index >= 15 is 0 Å². The molecule has 0 aromatic carbocycles. The first-order valence-corrected chi connectivity index (χ1v) is 6.79. The van der Waals surface area contributed by atoms with E-state index in [0.29, 0.717) is 22.8 Å². The van der Waals surface area contributed by atoms with Crippen molar-refractivity contribution in [2.75, 3.05) is 0 Å². The van der Waals surface area contributed by atoms with E-state index in [-0.39, 0.29) is 0 Å². The standard InChI is InChI=1S/C13H19N3OS/c1-10-5-2-3-7-12(10)15-13(18)16-14-9-11-6-4-8-17-11/h4,6,8-10,12H,2-3,5,7H2,1H3,(H2,15,16,18)/b14-9-/t10-,12+/m1/s1. The zero-order valence-electron chi connectivity index (χ0n) is 10.6. The van der Waals surface area contributed by atoms with Gasteiger partial charge in [0.2, 0.25) is 0 Å². The fourth-order valence-corrected chi connectivity index (χ4v) is 2.45. The van der Waals surface area contributed by atoms with Gasteiger partial charge in [0.1, 0.15) is 5.76 Å². The summed E-state index contributed by atoms with van der Waals surface area (Å²) in [5, 5.41) is 7.94. The molecule has 0 spiro atoms. The van der Waals surface area contributed by atoms with Gasteiger partial charge in [0, 0.05) is 6.04 Å². The molecule has 0 unspecified atom stereocenters. The first-order chi connectivity index (χ1) is 8.75. The Bertz CT molecular complexity index is 402. The number of hydrazone groups is 1. The highest BCUT2D eigenvalue weighted by Crippen LogP contribution is 2.23. The lowest BCUT2D eigenvalue weighted by molar-refractivity contribution is 0.308. The highest BCUT2D eigenvalue weighted by atomic mass is 32.1. The molecule has 1 aromatic rings. The maximum Gasteiger partial charge on any atom is 0.187 e. The average Bonchev–Trinajstić information content (AvgIpc) is 2.85. The van der Waals surface area contributed by atoms with Crippen molar-refractivity contribution in [3.63, 3.8) is 0 Å². The fraction of sp³-hybridized carbons (Fsp3) is 0.538. The van der Waals surface area contributed by atoms with Crippen LogP contribution in [0.25, 0.3) is 0 Å². The van der Waals surface area contributed by atoms with Crippen LogP contribution in [0, 0.1) is 5.92 Å². The third kappa shape index (κ3) is 3.84. The molecule has 5 heteroatoms. The molecule has 0 saturated heterocycles. The Kier molecular flexibility index (Phi) is 4.75. The zero-order chi connectivity index (χ0) is 12.8. The molecule has 1 saturated carbocycles. The van der Waals surface area contributed by atoms with Crippen molar-refractivity contribution in [2.45, 2.75) is 38.6 Å². The molecule has 0 bridgehead atoms. The average molecular weight is 265 g/mol. The quantitative estimate of drug-likeness (QED) is 0.501. The third-order valence-corrected chi connectivity index (χ3v) is 3.54. The van der Waals surface area contributed by atoms with Gasteiger partial charge < -0.3 is 9.73 Å². The van der Waals surface area contributed by atoms with Gasteiger partial charge >= 0.3 is 0 Å². The van der Waals surface area contributed by atoms with Gasteiger partial charge in [-0.25, -0.2) is 0 Å². The Morgan fingerprint density at radius 3 is 3.06 bits per heavy atom. The Balaban J connectivity index is 1.74. The molecular weight excluding hydrogens is 246 g/mol. The van der Waals surface area contributed by atoms with Crippen LogP contribution in [0.5, 0.6) is 0 Å². The van der Waals surface area contributed by atoms with Crippen molar-refractivity contribution >= 4 is 23.5 Å². The first kappa shape index (κ1) is 13.1. The van der Waals surface area contributed by atoms with E-state index in [4.69, 9.17) is 16.6 Å². The molecule has 2 atom stereocenters. The maximum atomic E-state index is 5.22. The molecule has 1 aromatic heterocycles. The lowest BCUT2D eigenvalue weighted by Crippen LogP contribution is -2.44. The van der Waals surface area contributed by atoms with Crippen LogP contribution < -0.4 is 10.7 Å². The van der Waals surface area contributed by atoms with E-state index < -0.39 is 0 Å². The molecule has 0 radical (unpaired) electrons. The van der Waals surface area contributed by atoms with Crippen LogP contribution in [0.1, 0.15) is 38.4 Å². The molecule has 18 heavy (non-hydrogen) atoms. The van der Waals surface area contributed by atoms with Gasteiger partial charge in [-0.05, 0) is 43.1 Å². The fourth-order valence-electron chi connectivity index (χ4n) is 2.25. The smallest absolute Gasteiger partial charge is 0.187 e. The van der Waals surface area contributed by atoms with Crippen molar-refractivity contribution in [1.82, 2.24) is 10.7 Å². The number of nitrogens with one attached hydrogen (secondary N) is 2. The SMILES string of the molecule is C[C@@H]1CCCC[C@@H]1NC(=S)N/N=C\c1ccco1. The van der Waals surface area contributed by atoms with Crippen molar-refractivity contribution in [2.24, 2.45) is 11.0 Å². The van der Waals surface area contributed by atoms with Crippen LogP contribution in [-0.2, 0) is 0 Å². The minimum absolute atomic E-state index is 0.470. The van der Waals surface area contributed by atoms with Crippen LogP contribution in [0.4, 0.5) is 0 Å². The Morgan fingerprint density at radius 2 is 2.33 bits per heavy atom. The molecular formula is C13H19N3OS. The number of nitrogens with zero attached hydrogens (tertiary/aromatic N) is 1. The second-order valence-corrected chi connectivity index (χ2v) is 5.14. The van der Waals surface area contributed by atoms with E-state index in [1.807, 2.05) is 12.1 Å². The molecule has 1 aliphatic rings. The summed E-state index contributed by atoms with van der Waals surface area (Å²) in [5.74, 6) is 1.38. The molecule has 2 rings (SSSR count). The molecule has 98 valence electrons. The lowest BCUT2D eigenvalue weighted by atomic mass is 9.86. The lowest BCUT2D eigenvalue weighted by Gasteiger charge is -2.30. The monoisotopic (exact) mass is 265 g/mol. The van der Waals surface area contributed by atoms with E-state index in [2.05, 4.69) is 22.8 Å². The predicted octanol–water partition coefficient (Wildman–Crippen LogP) is 2.66. The Hall–Kier alpha value is -1.36. The summed E-state index contributed by atoms with van der Waals surface area (Å²) in [6.07, 6.45) is 8.29. The molecule has 0 amide bonds. The summed E-state index contributed by atoms with van der Waals surface area (Å²) in [6, 6.07) is 4.13. The van der Waals surface area contributed by atoms with Crippen molar-refractivity contribution < 1.29 is 4.42 Å². The van der Waals surface area contributed by atoms with E-state index in [1.165, 1.54) is 25.7 Å². The highest BCUT2D eigenvalue weighted by Gasteiger charge is 2.21. The Labute approximate surface area is 113 Å². The van der Waals surface area contributed by atoms with Gasteiger partial charge in [-0.15, -0.1) is 0 Å². The summed E-state index contributed by atoms with van der Waals surface area (Å²) in [7, 11) is 0. The predicted molar refractivity (Wildman–Crippen MR) is 76.6 cm³/mol. The summed E-state index contributed by atoms with van der Waals surface area (Å²) in [6.45, 7) is 2.27. The summed E-state index contributed by atoms with van der Waals surface area (Å²) < 4.78 is 5.13. The third-order valence-electron chi connectivity index (χ3n) is 3.33. The molecule has 0 aliphatic heterocycles. The minimum Gasteiger partial charge on any atom is -0.463 e. The van der Waals surface area contributed by atoms with Gasteiger partial charge in [0.05, 0.1) is 12.5 Å². The normalized spacial score (nSPS) is 24.1. The van der Waals surface area contributed by atoms with Crippen LogP contribution in [0.3, 0.4) is 0 Å². The van der Waals surface area contributed by atoms with E-state index in [1.54, 1.807) is 12.5 Å². The number of thiocarbonyl (C=S) groups is 1. The molecule has 2 N–H and O–H groups in total. The highest BCUT2D eigenvalue weighted by molar-refractivity contribution is 7.80. The summed E-state index contributed by atoms with van der Waals surface area (Å²) in [4.78, 5) is 0. The number of furan rings is 1. The topological polar surface area (TPSA) is 49.6 Å². The second kappa shape index (κ2) is 6.54. The van der Waals surface area contributed by atoms with Gasteiger partial charge in [-0.2, -0.15) is 5.10 Å². The number of hydrogen-bond acceptors (Lipinski definition) is 3. The largest absolute Gasteiger partial charge is 0.463 e. The van der Waals surface area contributed by atoms with Gasteiger partial charge in [-0.1, -0.05) is 19.8 Å². The minimum atomic E-state index is 0.470. The van der Waals surface area contributed by atoms with Crippen molar-refractivity contribution in [1.29, 1.82) is 0 Å². The van der Waals surface area contributed by atoms with Crippen LogP contribution in [-0.4, -0.2) is 17.4 Å². The molecule has 1 fully saturated rings. The maximum absolute atomic E-state index is 5.22. The first-order valence-electron chi connectivity index (χ1n) is 6.39. The van der Waals surface area contributed by atoms with Gasteiger partial charge in [0.15, 0.2) is 5.11 Å². The van der Waals surface area contributed by atoms with E-state index in [9.17, 15) is 0 Å². The zero-order valence-corrected chi connectivity index (χ0v) is 11.4. The molecule has 1 heterocycles. The summed E-state index contributed by atoms with van der Waals surface area (Å²) >= 11 is 5.22. The number of rotatable bonds is 3. The van der Waals surface area contributed by atoms with Crippen molar-refractivity contribution in [3.05, 3.63) is 24.2 Å². The van der Waals surface area contributed by atoms with Crippen LogP contribution >= 0.6 is 12.2 Å². The van der Waals surface area contributed by atoms with E-state index in [0.717, 1.165) is 0 Å². The van der Waals surface area contributed by atoms with Gasteiger partial charge in [-0.3, -0.25) is 5.43 Å². The van der Waals surface area contributed by atoms with Gasteiger partial charge in [0.25, 0.3) is 0 Å². The molecule has 4 nitrogen and oxygen atoms in total. The van der Waals surface area contributed by atoms with Crippen LogP contribution in [0.15, 0.2) is 27.9 Å². The molecule has 1 aliphatic carbocycles. The van der Waals surface area contributed by atoms with Crippen molar-refractivity contribution in [3.8, 4) is 0 Å².